The molecule has 3 atom stereocenters. The van der Waals surface area contributed by atoms with Crippen LogP contribution in [0.25, 0.3) is 0 Å². The number of benzene rings is 2. The van der Waals surface area contributed by atoms with Gasteiger partial charge in [0.05, 0.1) is 13.7 Å². The first-order chi connectivity index (χ1) is 16.9. The van der Waals surface area contributed by atoms with Gasteiger partial charge in [0.2, 0.25) is 5.91 Å². The molecule has 2 fully saturated rings. The summed E-state index contributed by atoms with van der Waals surface area (Å²) in [7, 11) is 1.63. The number of ether oxygens (including phenoxy) is 2. The number of hydrogen-bond donors (Lipinski definition) is 1. The van der Waals surface area contributed by atoms with E-state index in [0.29, 0.717) is 18.1 Å². The maximum Gasteiger partial charge on any atom is 0.258 e. The van der Waals surface area contributed by atoms with E-state index in [-0.39, 0.29) is 34.6 Å². The topological polar surface area (TPSA) is 111 Å². The summed E-state index contributed by atoms with van der Waals surface area (Å²) >= 11 is 1.64. The minimum atomic E-state index is -0.609. The Bertz CT molecular complexity index is 1220. The van der Waals surface area contributed by atoms with Crippen LogP contribution in [-0.2, 0) is 16.1 Å². The molecule has 2 amide bonds. The summed E-state index contributed by atoms with van der Waals surface area (Å²) in [4.78, 5) is 27.4. The molecular weight excluding hydrogens is 468 g/mol. The van der Waals surface area contributed by atoms with Crippen molar-refractivity contribution in [1.29, 1.82) is 0 Å². The zero-order valence-corrected chi connectivity index (χ0v) is 20.4. The number of hydrogen-bond acceptors (Lipinski definition) is 8. The number of nitrogens with zero attached hydrogens (tertiary/aromatic N) is 5. The number of rotatable bonds is 8. The average Bonchev–Trinajstić information content (AvgIpc) is 3.41. The molecule has 2 aliphatic rings. The quantitative estimate of drug-likeness (QED) is 0.474. The van der Waals surface area contributed by atoms with Gasteiger partial charge >= 0.3 is 0 Å². The molecule has 10 nitrogen and oxygen atoms in total. The van der Waals surface area contributed by atoms with Crippen LogP contribution in [0.1, 0.15) is 31.3 Å². The predicted octanol–water partition coefficient (Wildman–Crippen LogP) is 2.03. The van der Waals surface area contributed by atoms with Gasteiger partial charge in [0.25, 0.3) is 5.91 Å². The minimum Gasteiger partial charge on any atom is -0.497 e. The number of nitrogens with one attached hydrogen (secondary N) is 1. The maximum absolute atomic E-state index is 13.2. The molecule has 2 aromatic carbocycles. The lowest BCUT2D eigenvalue weighted by Gasteiger charge is -2.44. The van der Waals surface area contributed by atoms with E-state index in [1.54, 1.807) is 40.6 Å². The Labute approximate surface area is 207 Å². The molecule has 2 unspecified atom stereocenters. The summed E-state index contributed by atoms with van der Waals surface area (Å²) in [6.45, 7) is 4.45. The Hall–Kier alpha value is -3.60. The number of carbonyl (C=O) groups is 2. The van der Waals surface area contributed by atoms with Crippen molar-refractivity contribution in [2.45, 2.75) is 42.6 Å². The third-order valence-corrected chi connectivity index (χ3v) is 7.74. The van der Waals surface area contributed by atoms with Crippen molar-refractivity contribution in [2.24, 2.45) is 0 Å². The van der Waals surface area contributed by atoms with Gasteiger partial charge in [-0.2, -0.15) is 0 Å². The van der Waals surface area contributed by atoms with Crippen molar-refractivity contribution < 1.29 is 19.1 Å². The number of tetrazole rings is 1. The number of aromatic nitrogens is 4. The number of thioether (sulfide) groups is 1. The van der Waals surface area contributed by atoms with Crippen LogP contribution in [0, 0.1) is 0 Å². The van der Waals surface area contributed by atoms with Gasteiger partial charge in [0.1, 0.15) is 29.0 Å². The van der Waals surface area contributed by atoms with E-state index in [1.807, 2.05) is 42.5 Å². The average molecular weight is 495 g/mol. The van der Waals surface area contributed by atoms with E-state index in [4.69, 9.17) is 9.47 Å². The zero-order chi connectivity index (χ0) is 24.6. The number of amides is 2. The fourth-order valence-corrected chi connectivity index (χ4v) is 6.10. The molecule has 182 valence electrons. The third kappa shape index (κ3) is 4.43. The van der Waals surface area contributed by atoms with Crippen LogP contribution in [0.2, 0.25) is 0 Å². The first kappa shape index (κ1) is 23.2. The molecule has 5 rings (SSSR count). The summed E-state index contributed by atoms with van der Waals surface area (Å²) in [6.07, 6.45) is 0. The third-order valence-electron chi connectivity index (χ3n) is 6.17. The summed E-state index contributed by atoms with van der Waals surface area (Å²) in [5, 5.41) is 15.0. The highest BCUT2D eigenvalue weighted by Gasteiger charge is 2.63. The van der Waals surface area contributed by atoms with Crippen LogP contribution < -0.4 is 14.8 Å². The number of β-lactam (4-membered cyclic amide) rings is 1. The normalized spacial score (nSPS) is 22.3. The molecule has 0 aliphatic carbocycles. The van der Waals surface area contributed by atoms with E-state index < -0.39 is 6.04 Å². The van der Waals surface area contributed by atoms with E-state index in [1.165, 1.54) is 0 Å². The Kier molecular flexibility index (Phi) is 6.10. The lowest BCUT2D eigenvalue weighted by atomic mass is 9.95. The largest absolute Gasteiger partial charge is 0.497 e. The standard InChI is InChI=1S/C24H26N6O4S/c1-24(2)20(21-26-27-28-29(21)13-15-9-11-16(33-3)12-10-15)30-22(32)19(23(30)35-24)25-18(31)14-34-17-7-5-4-6-8-17/h4-12,19-20,23H,13-14H2,1-3H3,(H,25,31)/t19?,20?,23-/m0/s1. The molecule has 3 aromatic rings. The Morgan fingerprint density at radius 1 is 1.11 bits per heavy atom. The summed E-state index contributed by atoms with van der Waals surface area (Å²) in [5.74, 6) is 1.51. The molecule has 3 heterocycles. The van der Waals surface area contributed by atoms with E-state index >= 15 is 0 Å². The van der Waals surface area contributed by atoms with Gasteiger partial charge in [0, 0.05) is 4.75 Å². The first-order valence-corrected chi connectivity index (χ1v) is 12.1. The molecule has 0 spiro atoms. The molecule has 2 saturated heterocycles. The molecule has 11 heteroatoms. The lowest BCUT2D eigenvalue weighted by Crippen LogP contribution is -2.68. The Balaban J connectivity index is 1.27. The smallest absolute Gasteiger partial charge is 0.258 e. The van der Waals surface area contributed by atoms with Crippen molar-refractivity contribution in [3.63, 3.8) is 0 Å². The van der Waals surface area contributed by atoms with Gasteiger partial charge in [0.15, 0.2) is 12.4 Å². The zero-order valence-electron chi connectivity index (χ0n) is 19.6. The summed E-state index contributed by atoms with van der Waals surface area (Å²) in [6, 6.07) is 15.8. The van der Waals surface area contributed by atoms with Crippen molar-refractivity contribution in [2.75, 3.05) is 13.7 Å². The van der Waals surface area contributed by atoms with Crippen LogP contribution in [0.15, 0.2) is 54.6 Å². The van der Waals surface area contributed by atoms with Crippen molar-refractivity contribution in [1.82, 2.24) is 30.4 Å². The number of fused-ring (bicyclic) bond motifs is 1. The predicted molar refractivity (Wildman–Crippen MR) is 129 cm³/mol. The Morgan fingerprint density at radius 3 is 2.57 bits per heavy atom. The van der Waals surface area contributed by atoms with Crippen molar-refractivity contribution >= 4 is 23.6 Å². The fraction of sp³-hybridized carbons (Fsp3) is 0.375. The van der Waals surface area contributed by atoms with Gasteiger partial charge in [-0.05, 0) is 54.1 Å². The number of para-hydroxylation sites is 1. The summed E-state index contributed by atoms with van der Waals surface area (Å²) in [5.41, 5.74) is 1.01. The van der Waals surface area contributed by atoms with E-state index in [9.17, 15) is 9.59 Å². The van der Waals surface area contributed by atoms with Crippen molar-refractivity contribution in [3.8, 4) is 11.5 Å². The second-order valence-corrected chi connectivity index (χ2v) is 10.7. The highest BCUT2D eigenvalue weighted by Crippen LogP contribution is 2.56. The molecule has 1 aromatic heterocycles. The second-order valence-electron chi connectivity index (χ2n) is 8.95. The van der Waals surface area contributed by atoms with Gasteiger partial charge in [-0.15, -0.1) is 16.9 Å². The monoisotopic (exact) mass is 494 g/mol. The fourth-order valence-electron chi connectivity index (χ4n) is 4.47. The van der Waals surface area contributed by atoms with E-state index in [0.717, 1.165) is 11.3 Å². The molecular formula is C24H26N6O4S. The van der Waals surface area contributed by atoms with Crippen LogP contribution >= 0.6 is 11.8 Å². The van der Waals surface area contributed by atoms with Gasteiger partial charge in [-0.1, -0.05) is 30.3 Å². The van der Waals surface area contributed by atoms with E-state index in [2.05, 4.69) is 34.7 Å². The van der Waals surface area contributed by atoms with Gasteiger partial charge < -0.3 is 19.7 Å². The SMILES string of the molecule is COc1ccc(Cn2nnnc2C2N3C(=O)C(NC(=O)COc4ccccc4)[C@@H]3SC2(C)C)cc1. The van der Waals surface area contributed by atoms with Crippen LogP contribution in [0.4, 0.5) is 0 Å². The van der Waals surface area contributed by atoms with Crippen LogP contribution in [0.5, 0.6) is 11.5 Å². The molecule has 1 N–H and O–H groups in total. The van der Waals surface area contributed by atoms with Crippen LogP contribution in [-0.4, -0.2) is 66.8 Å². The van der Waals surface area contributed by atoms with Crippen molar-refractivity contribution in [3.05, 3.63) is 66.0 Å². The van der Waals surface area contributed by atoms with Gasteiger partial charge in [-0.25, -0.2) is 4.68 Å². The second kappa shape index (κ2) is 9.21. The highest BCUT2D eigenvalue weighted by atomic mass is 32.2. The number of methoxy groups -OCH3 is 1. The maximum atomic E-state index is 13.2. The molecule has 35 heavy (non-hydrogen) atoms. The molecule has 0 radical (unpaired) electrons. The van der Waals surface area contributed by atoms with Crippen LogP contribution in [0.3, 0.4) is 0 Å². The Morgan fingerprint density at radius 2 is 1.86 bits per heavy atom. The molecule has 2 aliphatic heterocycles. The number of carbonyl (C=O) groups excluding carboxylic acids is 2. The summed E-state index contributed by atoms with van der Waals surface area (Å²) < 4.78 is 12.1. The highest BCUT2D eigenvalue weighted by molar-refractivity contribution is 8.01. The minimum absolute atomic E-state index is 0.148. The molecule has 0 saturated carbocycles. The lowest BCUT2D eigenvalue weighted by molar-refractivity contribution is -0.152. The van der Waals surface area contributed by atoms with Gasteiger partial charge in [-0.3, -0.25) is 9.59 Å². The molecule has 0 bridgehead atoms. The first-order valence-electron chi connectivity index (χ1n) is 11.2.